The molecule has 2 aromatic heterocycles. The van der Waals surface area contributed by atoms with Crippen molar-refractivity contribution < 1.29 is 4.92 Å². The molecule has 2 aromatic rings. The molecule has 0 saturated heterocycles. The fourth-order valence-corrected chi connectivity index (χ4v) is 2.01. The molecular formula is C12H17N7O2. The van der Waals surface area contributed by atoms with Crippen LogP contribution in [-0.2, 0) is 13.6 Å². The Morgan fingerprint density at radius 2 is 2.14 bits per heavy atom. The molecule has 2 rings (SSSR count). The van der Waals surface area contributed by atoms with Crippen LogP contribution in [-0.4, -0.2) is 31.7 Å². The van der Waals surface area contributed by atoms with Gasteiger partial charge < -0.3 is 10.6 Å². The number of nitrogens with zero attached hydrogens (tertiary/aromatic N) is 5. The number of hydrogen-bond donors (Lipinski definition) is 2. The van der Waals surface area contributed by atoms with Crippen LogP contribution in [0.4, 0.5) is 17.5 Å². The minimum Gasteiger partial charge on any atom is -0.360 e. The van der Waals surface area contributed by atoms with Crippen molar-refractivity contribution in [3.8, 4) is 0 Å². The van der Waals surface area contributed by atoms with E-state index >= 15 is 0 Å². The molecule has 2 heterocycles. The highest BCUT2D eigenvalue weighted by atomic mass is 16.6. The maximum atomic E-state index is 11.0. The molecule has 0 aliphatic heterocycles. The minimum absolute atomic E-state index is 0.159. The van der Waals surface area contributed by atoms with Gasteiger partial charge in [-0.15, -0.1) is 0 Å². The summed E-state index contributed by atoms with van der Waals surface area (Å²) in [6, 6.07) is 0. The van der Waals surface area contributed by atoms with Crippen LogP contribution in [0.15, 0.2) is 6.20 Å². The average molecular weight is 291 g/mol. The Labute approximate surface area is 121 Å². The number of aryl methyl sites for hydroxylation is 2. The third kappa shape index (κ3) is 2.91. The Kier molecular flexibility index (Phi) is 4.01. The van der Waals surface area contributed by atoms with E-state index in [9.17, 15) is 10.1 Å². The van der Waals surface area contributed by atoms with E-state index in [2.05, 4.69) is 25.7 Å². The first-order valence-corrected chi connectivity index (χ1v) is 6.36. The summed E-state index contributed by atoms with van der Waals surface area (Å²) in [4.78, 5) is 18.5. The van der Waals surface area contributed by atoms with E-state index in [1.165, 1.54) is 6.20 Å². The fourth-order valence-electron chi connectivity index (χ4n) is 2.01. The molecular weight excluding hydrogens is 274 g/mol. The lowest BCUT2D eigenvalue weighted by Crippen LogP contribution is -2.08. The molecule has 0 saturated carbocycles. The lowest BCUT2D eigenvalue weighted by atomic mass is 10.2. The van der Waals surface area contributed by atoms with E-state index < -0.39 is 4.92 Å². The third-order valence-corrected chi connectivity index (χ3v) is 3.28. The molecule has 0 aliphatic rings. The highest BCUT2D eigenvalue weighted by molar-refractivity contribution is 5.57. The van der Waals surface area contributed by atoms with Crippen LogP contribution in [0.25, 0.3) is 0 Å². The molecule has 0 spiro atoms. The second-order valence-corrected chi connectivity index (χ2v) is 4.56. The Balaban J connectivity index is 2.28. The summed E-state index contributed by atoms with van der Waals surface area (Å²) < 4.78 is 1.78. The largest absolute Gasteiger partial charge is 0.360 e. The first-order valence-electron chi connectivity index (χ1n) is 6.36. The maximum absolute atomic E-state index is 11.0. The molecule has 0 amide bonds. The molecule has 9 heteroatoms. The number of nitrogens with one attached hydrogen (secondary N) is 2. The number of anilines is 2. The maximum Gasteiger partial charge on any atom is 0.329 e. The Hall–Kier alpha value is -2.71. The highest BCUT2D eigenvalue weighted by Crippen LogP contribution is 2.23. The van der Waals surface area contributed by atoms with Gasteiger partial charge in [0.15, 0.2) is 0 Å². The molecule has 0 unspecified atom stereocenters. The van der Waals surface area contributed by atoms with E-state index in [4.69, 9.17) is 0 Å². The number of nitro groups is 1. The monoisotopic (exact) mass is 291 g/mol. The summed E-state index contributed by atoms with van der Waals surface area (Å²) in [6.45, 7) is 4.26. The van der Waals surface area contributed by atoms with E-state index in [-0.39, 0.29) is 11.5 Å². The van der Waals surface area contributed by atoms with Crippen LogP contribution in [0.5, 0.6) is 0 Å². The lowest BCUT2D eigenvalue weighted by molar-refractivity contribution is -0.384. The zero-order chi connectivity index (χ0) is 15.6. The molecule has 9 nitrogen and oxygen atoms in total. The van der Waals surface area contributed by atoms with Gasteiger partial charge in [0.05, 0.1) is 10.6 Å². The van der Waals surface area contributed by atoms with Gasteiger partial charge in [-0.1, -0.05) is 0 Å². The molecule has 21 heavy (non-hydrogen) atoms. The van der Waals surface area contributed by atoms with Crippen molar-refractivity contribution in [1.29, 1.82) is 0 Å². The molecule has 0 aliphatic carbocycles. The van der Waals surface area contributed by atoms with Crippen molar-refractivity contribution in [3.63, 3.8) is 0 Å². The van der Waals surface area contributed by atoms with Crippen molar-refractivity contribution in [2.75, 3.05) is 17.7 Å². The Morgan fingerprint density at radius 1 is 1.43 bits per heavy atom. The molecule has 0 bridgehead atoms. The predicted molar refractivity (Wildman–Crippen MR) is 78.2 cm³/mol. The Morgan fingerprint density at radius 3 is 2.67 bits per heavy atom. The van der Waals surface area contributed by atoms with Crippen LogP contribution in [0.2, 0.25) is 0 Å². The van der Waals surface area contributed by atoms with Crippen molar-refractivity contribution in [2.24, 2.45) is 7.05 Å². The molecule has 2 N–H and O–H groups in total. The van der Waals surface area contributed by atoms with Gasteiger partial charge in [0.25, 0.3) is 0 Å². The van der Waals surface area contributed by atoms with Crippen LogP contribution >= 0.6 is 0 Å². The van der Waals surface area contributed by atoms with Gasteiger partial charge in [0, 0.05) is 31.9 Å². The van der Waals surface area contributed by atoms with Gasteiger partial charge >= 0.3 is 5.69 Å². The summed E-state index contributed by atoms with van der Waals surface area (Å²) in [6.07, 6.45) is 1.18. The Bertz CT molecular complexity index is 680. The van der Waals surface area contributed by atoms with E-state index in [1.807, 2.05) is 20.9 Å². The van der Waals surface area contributed by atoms with Crippen molar-refractivity contribution in [1.82, 2.24) is 19.7 Å². The molecule has 112 valence electrons. The SMILES string of the molecule is CNc1ncc([N+](=O)[O-])c(NCc2c(C)nn(C)c2C)n1. The first kappa shape index (κ1) is 14.7. The molecule has 0 aromatic carbocycles. The number of hydrogen-bond acceptors (Lipinski definition) is 7. The van der Waals surface area contributed by atoms with Gasteiger partial charge in [-0.05, 0) is 13.8 Å². The topological polar surface area (TPSA) is 111 Å². The van der Waals surface area contributed by atoms with Crippen molar-refractivity contribution >= 4 is 17.5 Å². The lowest BCUT2D eigenvalue weighted by Gasteiger charge is -2.08. The number of aromatic nitrogens is 4. The van der Waals surface area contributed by atoms with E-state index in [0.717, 1.165) is 17.0 Å². The van der Waals surface area contributed by atoms with Crippen LogP contribution < -0.4 is 10.6 Å². The van der Waals surface area contributed by atoms with Gasteiger partial charge in [0.1, 0.15) is 6.20 Å². The summed E-state index contributed by atoms with van der Waals surface area (Å²) in [5, 5.41) is 21.1. The normalized spacial score (nSPS) is 10.5. The summed E-state index contributed by atoms with van der Waals surface area (Å²) in [7, 11) is 3.51. The van der Waals surface area contributed by atoms with E-state index in [0.29, 0.717) is 12.5 Å². The third-order valence-electron chi connectivity index (χ3n) is 3.28. The van der Waals surface area contributed by atoms with Crippen molar-refractivity contribution in [2.45, 2.75) is 20.4 Å². The summed E-state index contributed by atoms with van der Waals surface area (Å²) in [5.41, 5.74) is 2.73. The van der Waals surface area contributed by atoms with Crippen LogP contribution in [0.1, 0.15) is 17.0 Å². The predicted octanol–water partition coefficient (Wildman–Crippen LogP) is 1.39. The quantitative estimate of drug-likeness (QED) is 0.632. The second-order valence-electron chi connectivity index (χ2n) is 4.56. The van der Waals surface area contributed by atoms with Gasteiger partial charge in [-0.3, -0.25) is 14.8 Å². The number of rotatable bonds is 5. The molecule has 0 atom stereocenters. The molecule has 0 radical (unpaired) electrons. The average Bonchev–Trinajstić information content (AvgIpc) is 2.69. The van der Waals surface area contributed by atoms with E-state index in [1.54, 1.807) is 11.7 Å². The summed E-state index contributed by atoms with van der Waals surface area (Å²) in [5.74, 6) is 0.504. The zero-order valence-electron chi connectivity index (χ0n) is 12.3. The summed E-state index contributed by atoms with van der Waals surface area (Å²) >= 11 is 0. The fraction of sp³-hybridized carbons (Fsp3) is 0.417. The van der Waals surface area contributed by atoms with Crippen LogP contribution in [0.3, 0.4) is 0 Å². The first-order chi connectivity index (χ1) is 9.93. The second kappa shape index (κ2) is 5.73. The standard InChI is InChI=1S/C12H17N7O2/c1-7-9(8(2)18(4)17-7)5-14-11-10(19(20)21)6-15-12(13-3)16-11/h6H,5H2,1-4H3,(H2,13,14,15,16). The van der Waals surface area contributed by atoms with Crippen molar-refractivity contribution in [3.05, 3.63) is 33.3 Å². The molecule has 0 fully saturated rings. The van der Waals surface area contributed by atoms with Gasteiger partial charge in [-0.2, -0.15) is 10.1 Å². The zero-order valence-corrected chi connectivity index (χ0v) is 12.3. The van der Waals surface area contributed by atoms with Gasteiger partial charge in [-0.25, -0.2) is 4.98 Å². The highest BCUT2D eigenvalue weighted by Gasteiger charge is 2.18. The van der Waals surface area contributed by atoms with Gasteiger partial charge in [0.2, 0.25) is 11.8 Å². The smallest absolute Gasteiger partial charge is 0.329 e. The minimum atomic E-state index is -0.509. The van der Waals surface area contributed by atoms with Crippen LogP contribution in [0, 0.1) is 24.0 Å².